The van der Waals surface area contributed by atoms with Gasteiger partial charge in [0.15, 0.2) is 11.5 Å². The molecule has 5 rings (SSSR count). The number of rotatable bonds is 3. The van der Waals surface area contributed by atoms with Crippen LogP contribution in [-0.4, -0.2) is 37.7 Å². The number of nitrogens with one attached hydrogen (secondary N) is 1. The van der Waals surface area contributed by atoms with E-state index in [2.05, 4.69) is 20.3 Å². The van der Waals surface area contributed by atoms with Crippen molar-refractivity contribution in [3.05, 3.63) is 76.2 Å². The lowest BCUT2D eigenvalue weighted by molar-refractivity contribution is 0.0665. The molecule has 0 radical (unpaired) electrons. The minimum Gasteiger partial charge on any atom is -0.334 e. The van der Waals surface area contributed by atoms with Crippen molar-refractivity contribution in [3.8, 4) is 11.5 Å². The van der Waals surface area contributed by atoms with Gasteiger partial charge in [0.2, 0.25) is 0 Å². The van der Waals surface area contributed by atoms with Crippen molar-refractivity contribution in [2.45, 2.75) is 31.7 Å². The number of nitrogens with zero attached hydrogens (tertiary/aromatic N) is 4. The minimum absolute atomic E-state index is 0.189. The van der Waals surface area contributed by atoms with Gasteiger partial charge in [0.25, 0.3) is 17.4 Å². The molecule has 1 aliphatic rings. The Labute approximate surface area is 182 Å². The predicted octanol–water partition coefficient (Wildman–Crippen LogP) is 3.87. The largest absolute Gasteiger partial charge is 0.334 e. The summed E-state index contributed by atoms with van der Waals surface area (Å²) < 4.78 is 18.7. The van der Waals surface area contributed by atoms with E-state index in [9.17, 15) is 14.0 Å². The Hall–Kier alpha value is -3.88. The molecule has 8 nitrogen and oxygen atoms in total. The molecule has 162 valence electrons. The van der Waals surface area contributed by atoms with Crippen LogP contribution in [0.15, 0.2) is 57.8 Å². The van der Waals surface area contributed by atoms with E-state index in [-0.39, 0.29) is 28.9 Å². The molecule has 1 saturated heterocycles. The van der Waals surface area contributed by atoms with Crippen LogP contribution in [0.5, 0.6) is 0 Å². The van der Waals surface area contributed by atoms with Crippen LogP contribution >= 0.6 is 0 Å². The molecule has 4 aromatic rings. The Morgan fingerprint density at radius 1 is 1.06 bits per heavy atom. The SMILES string of the molecule is O=C(c1n[nH]c(=O)c2ccccc12)N1CCCCCC1c1noc(-c2ccc(F)cc2)n1. The van der Waals surface area contributed by atoms with Crippen molar-refractivity contribution in [2.24, 2.45) is 0 Å². The highest BCUT2D eigenvalue weighted by Crippen LogP contribution is 2.31. The number of hydrogen-bond donors (Lipinski definition) is 1. The van der Waals surface area contributed by atoms with Gasteiger partial charge >= 0.3 is 0 Å². The smallest absolute Gasteiger partial charge is 0.275 e. The fourth-order valence-electron chi connectivity index (χ4n) is 4.11. The first-order valence-corrected chi connectivity index (χ1v) is 10.5. The monoisotopic (exact) mass is 433 g/mol. The lowest BCUT2D eigenvalue weighted by Gasteiger charge is -2.27. The normalized spacial score (nSPS) is 16.8. The molecule has 9 heteroatoms. The van der Waals surface area contributed by atoms with Crippen molar-refractivity contribution >= 4 is 16.7 Å². The third-order valence-corrected chi connectivity index (χ3v) is 5.74. The molecule has 0 bridgehead atoms. The number of likely N-dealkylation sites (tertiary alicyclic amines) is 1. The fraction of sp³-hybridized carbons (Fsp3) is 0.261. The Kier molecular flexibility index (Phi) is 5.22. The van der Waals surface area contributed by atoms with Crippen molar-refractivity contribution in [2.75, 3.05) is 6.54 Å². The molecule has 1 aliphatic heterocycles. The van der Waals surface area contributed by atoms with Crippen molar-refractivity contribution in [1.82, 2.24) is 25.2 Å². The molecule has 3 heterocycles. The summed E-state index contributed by atoms with van der Waals surface area (Å²) >= 11 is 0. The van der Waals surface area contributed by atoms with E-state index in [0.717, 1.165) is 19.3 Å². The molecule has 0 spiro atoms. The van der Waals surface area contributed by atoms with Crippen LogP contribution in [0.25, 0.3) is 22.2 Å². The molecule has 1 unspecified atom stereocenters. The zero-order valence-corrected chi connectivity index (χ0v) is 17.1. The molecule has 2 aromatic carbocycles. The lowest BCUT2D eigenvalue weighted by Crippen LogP contribution is -2.36. The second-order valence-electron chi connectivity index (χ2n) is 7.78. The van der Waals surface area contributed by atoms with E-state index in [1.165, 1.54) is 12.1 Å². The summed E-state index contributed by atoms with van der Waals surface area (Å²) in [5.41, 5.74) is 0.450. The van der Waals surface area contributed by atoms with E-state index in [1.54, 1.807) is 41.3 Å². The summed E-state index contributed by atoms with van der Waals surface area (Å²) in [6.45, 7) is 0.513. The average molecular weight is 433 g/mol. The number of aromatic nitrogens is 4. The van der Waals surface area contributed by atoms with Crippen LogP contribution in [0.1, 0.15) is 48.0 Å². The minimum atomic E-state index is -0.393. The molecule has 0 saturated carbocycles. The van der Waals surface area contributed by atoms with Gasteiger partial charge in [-0.25, -0.2) is 9.49 Å². The molecule has 32 heavy (non-hydrogen) atoms. The fourth-order valence-corrected chi connectivity index (χ4v) is 4.11. The summed E-state index contributed by atoms with van der Waals surface area (Å²) in [6, 6.07) is 12.3. The Balaban J connectivity index is 1.52. The summed E-state index contributed by atoms with van der Waals surface area (Å²) in [6.07, 6.45) is 3.40. The van der Waals surface area contributed by atoms with Gasteiger partial charge in [-0.3, -0.25) is 9.59 Å². The lowest BCUT2D eigenvalue weighted by atomic mass is 10.1. The first kappa shape index (κ1) is 20.0. The molecule has 0 aliphatic carbocycles. The topological polar surface area (TPSA) is 105 Å². The zero-order chi connectivity index (χ0) is 22.1. The van der Waals surface area contributed by atoms with E-state index in [0.29, 0.717) is 35.1 Å². The predicted molar refractivity (Wildman–Crippen MR) is 114 cm³/mol. The molecule has 2 aromatic heterocycles. The third kappa shape index (κ3) is 3.66. The van der Waals surface area contributed by atoms with Crippen LogP contribution in [-0.2, 0) is 0 Å². The van der Waals surface area contributed by atoms with Gasteiger partial charge in [0, 0.05) is 17.5 Å². The Morgan fingerprint density at radius 2 is 1.84 bits per heavy atom. The standard InChI is InChI=1S/C23H20FN5O3/c24-15-11-9-14(10-12-15)22-25-20(28-32-22)18-8-2-1-5-13-29(18)23(31)19-16-6-3-4-7-17(16)21(30)27-26-19/h3-4,6-7,9-12,18H,1-2,5,8,13H2,(H,27,30). The van der Waals surface area contributed by atoms with E-state index < -0.39 is 6.04 Å². The van der Waals surface area contributed by atoms with Crippen molar-refractivity contribution < 1.29 is 13.7 Å². The van der Waals surface area contributed by atoms with Gasteiger partial charge in [-0.1, -0.05) is 36.2 Å². The Morgan fingerprint density at radius 3 is 2.66 bits per heavy atom. The number of benzene rings is 2. The first-order valence-electron chi connectivity index (χ1n) is 10.5. The first-order chi connectivity index (χ1) is 15.6. The van der Waals surface area contributed by atoms with Gasteiger partial charge in [0.05, 0.1) is 11.4 Å². The van der Waals surface area contributed by atoms with E-state index in [1.807, 2.05) is 0 Å². The van der Waals surface area contributed by atoms with Crippen LogP contribution in [0.2, 0.25) is 0 Å². The highest BCUT2D eigenvalue weighted by Gasteiger charge is 2.32. The van der Waals surface area contributed by atoms with Crippen LogP contribution in [0, 0.1) is 5.82 Å². The molecule has 1 atom stereocenters. The van der Waals surface area contributed by atoms with Gasteiger partial charge in [0.1, 0.15) is 5.82 Å². The number of H-pyrrole nitrogens is 1. The van der Waals surface area contributed by atoms with Gasteiger partial charge < -0.3 is 9.42 Å². The molecule has 1 N–H and O–H groups in total. The zero-order valence-electron chi connectivity index (χ0n) is 17.1. The van der Waals surface area contributed by atoms with Crippen LogP contribution < -0.4 is 5.56 Å². The van der Waals surface area contributed by atoms with E-state index >= 15 is 0 Å². The van der Waals surface area contributed by atoms with Crippen molar-refractivity contribution in [3.63, 3.8) is 0 Å². The maximum Gasteiger partial charge on any atom is 0.275 e. The maximum absolute atomic E-state index is 13.6. The number of aromatic amines is 1. The number of fused-ring (bicyclic) bond motifs is 1. The third-order valence-electron chi connectivity index (χ3n) is 5.74. The summed E-state index contributed by atoms with van der Waals surface area (Å²) in [5, 5.41) is 11.6. The highest BCUT2D eigenvalue weighted by atomic mass is 19.1. The van der Waals surface area contributed by atoms with Crippen molar-refractivity contribution in [1.29, 1.82) is 0 Å². The number of halogens is 1. The number of carbonyl (C=O) groups is 1. The highest BCUT2D eigenvalue weighted by molar-refractivity contribution is 6.04. The van der Waals surface area contributed by atoms with Gasteiger partial charge in [-0.05, 0) is 43.2 Å². The summed E-state index contributed by atoms with van der Waals surface area (Å²) in [7, 11) is 0. The number of amides is 1. The molecular formula is C23H20FN5O3. The summed E-state index contributed by atoms with van der Waals surface area (Å²) in [4.78, 5) is 31.9. The van der Waals surface area contributed by atoms with Crippen LogP contribution in [0.3, 0.4) is 0 Å². The quantitative estimate of drug-likeness (QED) is 0.526. The number of hydrogen-bond acceptors (Lipinski definition) is 6. The second-order valence-corrected chi connectivity index (χ2v) is 7.78. The number of carbonyl (C=O) groups excluding carboxylic acids is 1. The summed E-state index contributed by atoms with van der Waals surface area (Å²) in [5.74, 6) is 0.0182. The molecular weight excluding hydrogens is 413 g/mol. The molecule has 1 fully saturated rings. The molecule has 1 amide bonds. The van der Waals surface area contributed by atoms with E-state index in [4.69, 9.17) is 4.52 Å². The maximum atomic E-state index is 13.6. The average Bonchev–Trinajstić information content (AvgIpc) is 3.17. The Bertz CT molecular complexity index is 1330. The van der Waals surface area contributed by atoms with Gasteiger partial charge in [-0.2, -0.15) is 10.1 Å². The second kappa shape index (κ2) is 8.33. The van der Waals surface area contributed by atoms with Crippen LogP contribution in [0.4, 0.5) is 4.39 Å². The van der Waals surface area contributed by atoms with Gasteiger partial charge in [-0.15, -0.1) is 0 Å².